The van der Waals surface area contributed by atoms with Crippen molar-refractivity contribution >= 4 is 23.2 Å². The van der Waals surface area contributed by atoms with Gasteiger partial charge in [0.05, 0.1) is 25.5 Å². The highest BCUT2D eigenvalue weighted by Gasteiger charge is 2.36. The summed E-state index contributed by atoms with van der Waals surface area (Å²) in [4.78, 5) is 27.2. The fourth-order valence-electron chi connectivity index (χ4n) is 4.36. The Labute approximate surface area is 180 Å². The molecular formula is C21H28FN5O4. The first-order valence-corrected chi connectivity index (χ1v) is 10.6. The molecule has 3 N–H and O–H groups in total. The van der Waals surface area contributed by atoms with Crippen LogP contribution in [-0.2, 0) is 19.1 Å². The van der Waals surface area contributed by atoms with Crippen LogP contribution >= 0.6 is 0 Å². The van der Waals surface area contributed by atoms with Gasteiger partial charge in [-0.2, -0.15) is 5.10 Å². The average Bonchev–Trinajstić information content (AvgIpc) is 3.46. The van der Waals surface area contributed by atoms with E-state index in [9.17, 15) is 14.0 Å². The molecule has 3 unspecified atom stereocenters. The van der Waals surface area contributed by atoms with E-state index in [1.807, 2.05) is 0 Å². The normalized spacial score (nSPS) is 25.3. The van der Waals surface area contributed by atoms with Crippen molar-refractivity contribution in [1.29, 1.82) is 0 Å². The second-order valence-electron chi connectivity index (χ2n) is 8.04. The van der Waals surface area contributed by atoms with Gasteiger partial charge in [0.1, 0.15) is 17.6 Å². The summed E-state index contributed by atoms with van der Waals surface area (Å²) in [5, 5.41) is 8.72. The van der Waals surface area contributed by atoms with E-state index < -0.39 is 17.8 Å². The number of hydrogen-bond donors (Lipinski definition) is 2. The molecule has 3 atom stereocenters. The van der Waals surface area contributed by atoms with Crippen LogP contribution in [0.3, 0.4) is 0 Å². The van der Waals surface area contributed by atoms with Crippen LogP contribution in [0.2, 0.25) is 0 Å². The van der Waals surface area contributed by atoms with Crippen LogP contribution in [0.1, 0.15) is 12.8 Å². The topological polar surface area (TPSA) is 109 Å². The van der Waals surface area contributed by atoms with Gasteiger partial charge in [0.2, 0.25) is 5.91 Å². The highest BCUT2D eigenvalue weighted by molar-refractivity contribution is 6.40. The Morgan fingerprint density at radius 1 is 1.19 bits per heavy atom. The number of ether oxygens (including phenoxy) is 2. The fraction of sp³-hybridized carbons (Fsp3) is 0.571. The number of anilines is 1. The van der Waals surface area contributed by atoms with Gasteiger partial charge >= 0.3 is 0 Å². The number of halogens is 1. The Bertz CT molecular complexity index is 822. The van der Waals surface area contributed by atoms with E-state index in [1.54, 1.807) is 0 Å². The van der Waals surface area contributed by atoms with E-state index in [1.165, 1.54) is 29.3 Å². The Morgan fingerprint density at radius 3 is 2.58 bits per heavy atom. The van der Waals surface area contributed by atoms with Crippen LogP contribution in [0, 0.1) is 11.7 Å². The summed E-state index contributed by atoms with van der Waals surface area (Å²) in [7, 11) is 0. The van der Waals surface area contributed by atoms with Crippen LogP contribution in [0.15, 0.2) is 29.4 Å². The third kappa shape index (κ3) is 5.03. The molecule has 2 saturated heterocycles. The fourth-order valence-corrected chi connectivity index (χ4v) is 4.36. The Kier molecular flexibility index (Phi) is 6.79. The lowest BCUT2D eigenvalue weighted by atomic mass is 9.96. The molecule has 2 fully saturated rings. The number of nitrogens with zero attached hydrogens (tertiary/aromatic N) is 3. The third-order valence-corrected chi connectivity index (χ3v) is 6.09. The molecule has 1 aromatic rings. The molecule has 0 spiro atoms. The number of primary amides is 1. The van der Waals surface area contributed by atoms with Gasteiger partial charge < -0.3 is 20.5 Å². The van der Waals surface area contributed by atoms with Gasteiger partial charge in [0.15, 0.2) is 0 Å². The first kappa shape index (κ1) is 21.7. The molecule has 4 rings (SSSR count). The summed E-state index contributed by atoms with van der Waals surface area (Å²) in [5.74, 6) is -0.971. The molecular weight excluding hydrogens is 405 g/mol. The SMILES string of the molecule is NC(=O)C1CC(C(=O)NCC(C2CCOC2)N2CCOCC2)=NN1c1ccc(F)cc1. The number of nitrogens with two attached hydrogens (primary N) is 1. The lowest BCUT2D eigenvalue weighted by Gasteiger charge is -2.37. The van der Waals surface area contributed by atoms with Gasteiger partial charge in [0, 0.05) is 44.6 Å². The summed E-state index contributed by atoms with van der Waals surface area (Å²) in [5.41, 5.74) is 6.26. The monoisotopic (exact) mass is 433 g/mol. The number of morpholine rings is 1. The Balaban J connectivity index is 1.44. The number of benzene rings is 1. The van der Waals surface area contributed by atoms with E-state index in [0.717, 1.165) is 26.1 Å². The van der Waals surface area contributed by atoms with Gasteiger partial charge in [-0.15, -0.1) is 0 Å². The zero-order chi connectivity index (χ0) is 21.8. The largest absolute Gasteiger partial charge is 0.381 e. The number of nitrogens with one attached hydrogen (secondary N) is 1. The highest BCUT2D eigenvalue weighted by atomic mass is 19.1. The molecule has 3 aliphatic heterocycles. The van der Waals surface area contributed by atoms with Crippen molar-refractivity contribution in [1.82, 2.24) is 10.2 Å². The van der Waals surface area contributed by atoms with Crippen molar-refractivity contribution in [3.05, 3.63) is 30.1 Å². The van der Waals surface area contributed by atoms with Crippen molar-refractivity contribution in [3.8, 4) is 0 Å². The van der Waals surface area contributed by atoms with Crippen molar-refractivity contribution < 1.29 is 23.5 Å². The summed E-state index contributed by atoms with van der Waals surface area (Å²) in [6, 6.07) is 4.92. The molecule has 3 aliphatic rings. The summed E-state index contributed by atoms with van der Waals surface area (Å²) in [6.07, 6.45) is 1.06. The molecule has 168 valence electrons. The maximum atomic E-state index is 13.3. The number of carbonyl (C=O) groups is 2. The molecule has 10 heteroatoms. The molecule has 0 bridgehead atoms. The van der Waals surface area contributed by atoms with E-state index in [2.05, 4.69) is 15.3 Å². The van der Waals surface area contributed by atoms with E-state index in [4.69, 9.17) is 15.2 Å². The summed E-state index contributed by atoms with van der Waals surface area (Å²) >= 11 is 0. The maximum absolute atomic E-state index is 13.3. The lowest BCUT2D eigenvalue weighted by Crippen LogP contribution is -2.53. The first-order chi connectivity index (χ1) is 15.0. The van der Waals surface area contributed by atoms with Gasteiger partial charge in [0.25, 0.3) is 5.91 Å². The quantitative estimate of drug-likeness (QED) is 0.631. The summed E-state index contributed by atoms with van der Waals surface area (Å²) < 4.78 is 24.3. The molecule has 1 aromatic carbocycles. The van der Waals surface area contributed by atoms with Crippen LogP contribution in [-0.4, -0.2) is 80.6 Å². The van der Waals surface area contributed by atoms with E-state index in [0.29, 0.717) is 38.0 Å². The molecule has 0 radical (unpaired) electrons. The van der Waals surface area contributed by atoms with E-state index in [-0.39, 0.29) is 24.1 Å². The van der Waals surface area contributed by atoms with Gasteiger partial charge in [-0.25, -0.2) is 4.39 Å². The smallest absolute Gasteiger partial charge is 0.267 e. The van der Waals surface area contributed by atoms with Crippen LogP contribution in [0.5, 0.6) is 0 Å². The Morgan fingerprint density at radius 2 is 1.94 bits per heavy atom. The predicted octanol–water partition coefficient (Wildman–Crippen LogP) is 0.0992. The molecule has 31 heavy (non-hydrogen) atoms. The van der Waals surface area contributed by atoms with E-state index >= 15 is 0 Å². The second-order valence-corrected chi connectivity index (χ2v) is 8.04. The second kappa shape index (κ2) is 9.71. The molecule has 9 nitrogen and oxygen atoms in total. The molecule has 2 amide bonds. The zero-order valence-corrected chi connectivity index (χ0v) is 17.3. The third-order valence-electron chi connectivity index (χ3n) is 6.09. The molecule has 0 aromatic heterocycles. The van der Waals surface area contributed by atoms with Crippen molar-refractivity contribution in [2.45, 2.75) is 24.9 Å². The molecule has 0 saturated carbocycles. The predicted molar refractivity (Wildman–Crippen MR) is 112 cm³/mol. The highest BCUT2D eigenvalue weighted by Crippen LogP contribution is 2.25. The van der Waals surface area contributed by atoms with Gasteiger partial charge in [-0.3, -0.25) is 19.5 Å². The molecule has 0 aliphatic carbocycles. The number of hydrogen-bond acceptors (Lipinski definition) is 7. The number of amides is 2. The minimum absolute atomic E-state index is 0.104. The van der Waals surface area contributed by atoms with Gasteiger partial charge in [-0.05, 0) is 30.7 Å². The molecule has 3 heterocycles. The number of hydrazone groups is 1. The zero-order valence-electron chi connectivity index (χ0n) is 17.3. The van der Waals surface area contributed by atoms with Crippen molar-refractivity contribution in [2.24, 2.45) is 16.8 Å². The number of carbonyl (C=O) groups excluding carboxylic acids is 2. The standard InChI is InChI=1S/C21H28FN5O4/c22-15-1-3-16(4-2-15)27-18(20(23)28)11-17(25-27)21(29)24-12-19(14-5-8-31-13-14)26-6-9-30-10-7-26/h1-4,14,18-19H,5-13H2,(H2,23,28)(H,24,29). The lowest BCUT2D eigenvalue weighted by molar-refractivity contribution is -0.119. The van der Waals surface area contributed by atoms with Crippen LogP contribution in [0.25, 0.3) is 0 Å². The van der Waals surface area contributed by atoms with Crippen molar-refractivity contribution in [3.63, 3.8) is 0 Å². The van der Waals surface area contributed by atoms with Gasteiger partial charge in [-0.1, -0.05) is 0 Å². The van der Waals surface area contributed by atoms with Crippen LogP contribution < -0.4 is 16.1 Å². The minimum Gasteiger partial charge on any atom is -0.381 e. The summed E-state index contributed by atoms with van der Waals surface area (Å²) in [6.45, 7) is 4.87. The average molecular weight is 433 g/mol. The maximum Gasteiger partial charge on any atom is 0.267 e. The number of rotatable bonds is 7. The van der Waals surface area contributed by atoms with Crippen molar-refractivity contribution in [2.75, 3.05) is 51.1 Å². The first-order valence-electron chi connectivity index (χ1n) is 10.6. The minimum atomic E-state index is -0.788. The van der Waals surface area contributed by atoms with Crippen LogP contribution in [0.4, 0.5) is 10.1 Å². The Hall–Kier alpha value is -2.56.